The molecule has 0 fully saturated rings. The molecule has 20 heavy (non-hydrogen) atoms. The highest BCUT2D eigenvalue weighted by Gasteiger charge is 2.05. The van der Waals surface area contributed by atoms with Crippen molar-refractivity contribution in [1.82, 2.24) is 0 Å². The van der Waals surface area contributed by atoms with E-state index in [2.05, 4.69) is 12.1 Å². The molecule has 0 saturated heterocycles. The van der Waals surface area contributed by atoms with Gasteiger partial charge in [-0.05, 0) is 29.8 Å². The zero-order chi connectivity index (χ0) is 14.4. The van der Waals surface area contributed by atoms with Gasteiger partial charge >= 0.3 is 0 Å². The van der Waals surface area contributed by atoms with Gasteiger partial charge in [0.25, 0.3) is 0 Å². The van der Waals surface area contributed by atoms with E-state index in [0.29, 0.717) is 16.9 Å². The first kappa shape index (κ1) is 13.4. The number of hydrogen-bond donors (Lipinski definition) is 0. The molecule has 0 aromatic heterocycles. The van der Waals surface area contributed by atoms with Crippen LogP contribution in [0.4, 0.5) is 0 Å². The number of benzene rings is 2. The molecule has 96 valence electrons. The van der Waals surface area contributed by atoms with Gasteiger partial charge in [-0.15, -0.1) is 0 Å². The molecule has 0 heterocycles. The summed E-state index contributed by atoms with van der Waals surface area (Å²) in [5.41, 5.74) is 2.57. The van der Waals surface area contributed by atoms with E-state index < -0.39 is 0 Å². The number of nitrogens with zero attached hydrogens (tertiary/aromatic N) is 2. The van der Waals surface area contributed by atoms with Gasteiger partial charge in [0.2, 0.25) is 0 Å². The van der Waals surface area contributed by atoms with Crippen LogP contribution in [-0.2, 0) is 0 Å². The van der Waals surface area contributed by atoms with Crippen LogP contribution in [-0.4, -0.2) is 7.11 Å². The van der Waals surface area contributed by atoms with Crippen LogP contribution in [0.5, 0.6) is 5.75 Å². The highest BCUT2D eigenvalue weighted by molar-refractivity contribution is 5.90. The summed E-state index contributed by atoms with van der Waals surface area (Å²) in [7, 11) is 1.59. The summed E-state index contributed by atoms with van der Waals surface area (Å²) in [5.74, 6) is 0.705. The average Bonchev–Trinajstić information content (AvgIpc) is 2.53. The lowest BCUT2D eigenvalue weighted by molar-refractivity contribution is 0.414. The maximum Gasteiger partial charge on any atom is 0.126 e. The second-order valence-electron chi connectivity index (χ2n) is 4.10. The van der Waals surface area contributed by atoms with Crippen molar-refractivity contribution in [2.75, 3.05) is 7.11 Å². The first-order chi connectivity index (χ1) is 9.78. The lowest BCUT2D eigenvalue weighted by Crippen LogP contribution is -1.88. The average molecular weight is 260 g/mol. The van der Waals surface area contributed by atoms with E-state index in [-0.39, 0.29) is 0 Å². The third-order valence-electron chi connectivity index (χ3n) is 2.86. The molecule has 0 aliphatic heterocycles. The first-order valence-electron chi connectivity index (χ1n) is 6.04. The third-order valence-corrected chi connectivity index (χ3v) is 2.86. The molecule has 2 aromatic carbocycles. The van der Waals surface area contributed by atoms with Crippen molar-refractivity contribution in [2.24, 2.45) is 0 Å². The Bertz CT molecular complexity index is 733. The fraction of sp³-hybridized carbons (Fsp3) is 0.0588. The molecule has 0 aliphatic carbocycles. The molecule has 0 bridgehead atoms. The second-order valence-corrected chi connectivity index (χ2v) is 4.10. The minimum atomic E-state index is 0.492. The predicted octanol–water partition coefficient (Wildman–Crippen LogP) is 3.63. The minimum absolute atomic E-state index is 0.492. The molecule has 0 atom stereocenters. The number of ether oxygens (including phenoxy) is 1. The zero-order valence-corrected chi connectivity index (χ0v) is 11.0. The van der Waals surface area contributed by atoms with E-state index in [9.17, 15) is 5.26 Å². The van der Waals surface area contributed by atoms with Crippen molar-refractivity contribution >= 4 is 11.6 Å². The van der Waals surface area contributed by atoms with Crippen molar-refractivity contribution in [3.63, 3.8) is 0 Å². The molecule has 0 amide bonds. The largest absolute Gasteiger partial charge is 0.496 e. The molecule has 0 N–H and O–H groups in total. The van der Waals surface area contributed by atoms with Gasteiger partial charge < -0.3 is 4.74 Å². The standard InChI is InChI=1S/C17H12N2O/c1-20-17-8-3-2-6-15(17)10-16(12-19)14-7-4-5-13(9-14)11-18/h2-10H,1H3/b16-10-. The number of rotatable bonds is 3. The Labute approximate surface area is 118 Å². The third kappa shape index (κ3) is 2.85. The normalized spacial score (nSPS) is 10.4. The molecule has 3 heteroatoms. The molecule has 0 spiro atoms. The van der Waals surface area contributed by atoms with E-state index >= 15 is 0 Å². The van der Waals surface area contributed by atoms with Gasteiger partial charge in [0, 0.05) is 5.56 Å². The Hall–Kier alpha value is -3.04. The van der Waals surface area contributed by atoms with Gasteiger partial charge in [0.05, 0.1) is 30.4 Å². The molecule has 0 unspecified atom stereocenters. The van der Waals surface area contributed by atoms with Crippen molar-refractivity contribution in [3.8, 4) is 17.9 Å². The highest BCUT2D eigenvalue weighted by atomic mass is 16.5. The molecule has 0 saturated carbocycles. The SMILES string of the molecule is COc1ccccc1/C=C(/C#N)c1cccc(C#N)c1. The lowest BCUT2D eigenvalue weighted by Gasteiger charge is -2.05. The van der Waals surface area contributed by atoms with Crippen molar-refractivity contribution in [2.45, 2.75) is 0 Å². The molecule has 2 aromatic rings. The van der Waals surface area contributed by atoms with E-state index in [4.69, 9.17) is 10.00 Å². The quantitative estimate of drug-likeness (QED) is 0.625. The van der Waals surface area contributed by atoms with Gasteiger partial charge in [0.15, 0.2) is 0 Å². The van der Waals surface area contributed by atoms with Gasteiger partial charge in [-0.25, -0.2) is 0 Å². The van der Waals surface area contributed by atoms with Gasteiger partial charge in [-0.3, -0.25) is 0 Å². The van der Waals surface area contributed by atoms with Gasteiger partial charge in [-0.1, -0.05) is 30.3 Å². The molecule has 0 radical (unpaired) electrons. The molecular weight excluding hydrogens is 248 g/mol. The van der Waals surface area contributed by atoms with Crippen molar-refractivity contribution in [1.29, 1.82) is 10.5 Å². The number of methoxy groups -OCH3 is 1. The molecule has 0 aliphatic rings. The summed E-state index contributed by atoms with van der Waals surface area (Å²) < 4.78 is 5.27. The summed E-state index contributed by atoms with van der Waals surface area (Å²) in [6.07, 6.45) is 1.76. The highest BCUT2D eigenvalue weighted by Crippen LogP contribution is 2.24. The predicted molar refractivity (Wildman–Crippen MR) is 77.6 cm³/mol. The Balaban J connectivity index is 2.49. The van der Waals surface area contributed by atoms with Crippen molar-refractivity contribution in [3.05, 3.63) is 65.2 Å². The number of nitriles is 2. The summed E-state index contributed by atoms with van der Waals surface area (Å²) in [6, 6.07) is 18.7. The maximum absolute atomic E-state index is 9.33. The van der Waals surface area contributed by atoms with Crippen LogP contribution in [0.15, 0.2) is 48.5 Å². The minimum Gasteiger partial charge on any atom is -0.496 e. The first-order valence-corrected chi connectivity index (χ1v) is 6.04. The van der Waals surface area contributed by atoms with Crippen LogP contribution in [0, 0.1) is 22.7 Å². The number of allylic oxidation sites excluding steroid dienone is 1. The van der Waals surface area contributed by atoms with Gasteiger partial charge in [-0.2, -0.15) is 10.5 Å². The summed E-state index contributed by atoms with van der Waals surface area (Å²) in [4.78, 5) is 0. The van der Waals surface area contributed by atoms with Crippen LogP contribution in [0.2, 0.25) is 0 Å². The van der Waals surface area contributed by atoms with E-state index in [0.717, 1.165) is 11.1 Å². The zero-order valence-electron chi connectivity index (χ0n) is 11.0. The Morgan fingerprint density at radius 1 is 1.10 bits per heavy atom. The van der Waals surface area contributed by atoms with Crippen LogP contribution < -0.4 is 4.74 Å². The lowest BCUT2D eigenvalue weighted by atomic mass is 10.0. The maximum atomic E-state index is 9.33. The summed E-state index contributed by atoms with van der Waals surface area (Å²) >= 11 is 0. The fourth-order valence-corrected chi connectivity index (χ4v) is 1.88. The van der Waals surface area contributed by atoms with Gasteiger partial charge in [0.1, 0.15) is 5.75 Å². The number of para-hydroxylation sites is 1. The van der Waals surface area contributed by atoms with Crippen LogP contribution >= 0.6 is 0 Å². The summed E-state index contributed by atoms with van der Waals surface area (Å²) in [6.45, 7) is 0. The Morgan fingerprint density at radius 2 is 1.90 bits per heavy atom. The van der Waals surface area contributed by atoms with E-state index in [1.165, 1.54) is 0 Å². The van der Waals surface area contributed by atoms with E-state index in [1.807, 2.05) is 30.3 Å². The van der Waals surface area contributed by atoms with Crippen LogP contribution in [0.25, 0.3) is 11.6 Å². The second kappa shape index (κ2) is 6.22. The van der Waals surface area contributed by atoms with E-state index in [1.54, 1.807) is 31.4 Å². The Kier molecular flexibility index (Phi) is 4.17. The van der Waals surface area contributed by atoms with Crippen LogP contribution in [0.3, 0.4) is 0 Å². The monoisotopic (exact) mass is 260 g/mol. The summed E-state index contributed by atoms with van der Waals surface area (Å²) in [5, 5.41) is 18.2. The van der Waals surface area contributed by atoms with Crippen molar-refractivity contribution < 1.29 is 4.74 Å². The Morgan fingerprint density at radius 3 is 2.60 bits per heavy atom. The molecule has 2 rings (SSSR count). The smallest absolute Gasteiger partial charge is 0.126 e. The molecule has 3 nitrogen and oxygen atoms in total. The topological polar surface area (TPSA) is 56.8 Å². The fourth-order valence-electron chi connectivity index (χ4n) is 1.88. The number of hydrogen-bond acceptors (Lipinski definition) is 3. The molecular formula is C17H12N2O. The van der Waals surface area contributed by atoms with Crippen LogP contribution in [0.1, 0.15) is 16.7 Å².